The van der Waals surface area contributed by atoms with E-state index in [1.54, 1.807) is 0 Å². The lowest BCUT2D eigenvalue weighted by Crippen LogP contribution is -2.37. The lowest BCUT2D eigenvalue weighted by Gasteiger charge is -2.22. The van der Waals surface area contributed by atoms with Crippen molar-refractivity contribution in [2.75, 3.05) is 32.1 Å². The molecule has 0 amide bonds. The van der Waals surface area contributed by atoms with Crippen molar-refractivity contribution in [3.63, 3.8) is 0 Å². The molecule has 160 valence electrons. The number of hydrogen-bond donors (Lipinski definition) is 1. The van der Waals surface area contributed by atoms with Crippen molar-refractivity contribution in [2.24, 2.45) is 0 Å². The lowest BCUT2D eigenvalue weighted by atomic mass is 10.1. The number of rotatable bonds is 3. The number of aliphatic hydroxyl groups is 1. The second kappa shape index (κ2) is 7.21. The Labute approximate surface area is 180 Å². The molecule has 4 heterocycles. The number of hydrogen-bond acceptors (Lipinski definition) is 6. The first-order valence-electron chi connectivity index (χ1n) is 10.4. The molecule has 1 saturated heterocycles. The van der Waals surface area contributed by atoms with E-state index in [-0.39, 0.29) is 11.7 Å². The van der Waals surface area contributed by atoms with Crippen LogP contribution in [-0.4, -0.2) is 58.7 Å². The molecule has 5 rings (SSSR count). The molecule has 0 aliphatic carbocycles. The standard InChI is InChI=1S/C24H26N4O3/c1-14-10-28-11-17(8-20(28)15(2)25-14)19-7-16-5-6-18(9-23(16)31-24(19)30)27-12-21(26(3)4)22(29)13-27/h5-11,21-22,29H,12-13H2,1-4H3. The van der Waals surface area contributed by atoms with Crippen LogP contribution in [0.2, 0.25) is 0 Å². The normalized spacial score (nSPS) is 19.2. The van der Waals surface area contributed by atoms with Gasteiger partial charge in [-0.3, -0.25) is 4.98 Å². The molecule has 0 saturated carbocycles. The van der Waals surface area contributed by atoms with E-state index in [4.69, 9.17) is 4.42 Å². The van der Waals surface area contributed by atoms with Gasteiger partial charge in [0, 0.05) is 48.2 Å². The van der Waals surface area contributed by atoms with Crippen LogP contribution in [-0.2, 0) is 0 Å². The van der Waals surface area contributed by atoms with Gasteiger partial charge in [-0.1, -0.05) is 0 Å². The maximum absolute atomic E-state index is 12.8. The number of nitrogens with zero attached hydrogens (tertiary/aromatic N) is 4. The molecule has 2 unspecified atom stereocenters. The number of aromatic nitrogens is 2. The lowest BCUT2D eigenvalue weighted by molar-refractivity contribution is 0.114. The largest absolute Gasteiger partial charge is 0.422 e. The topological polar surface area (TPSA) is 74.2 Å². The van der Waals surface area contributed by atoms with Crippen LogP contribution >= 0.6 is 0 Å². The van der Waals surface area contributed by atoms with Gasteiger partial charge in [0.25, 0.3) is 0 Å². The highest BCUT2D eigenvalue weighted by Crippen LogP contribution is 2.29. The number of fused-ring (bicyclic) bond motifs is 2. The summed E-state index contributed by atoms with van der Waals surface area (Å²) in [6.45, 7) is 5.20. The molecule has 1 N–H and O–H groups in total. The van der Waals surface area contributed by atoms with Gasteiger partial charge in [0.2, 0.25) is 0 Å². The van der Waals surface area contributed by atoms with E-state index in [0.29, 0.717) is 17.7 Å². The van der Waals surface area contributed by atoms with E-state index in [9.17, 15) is 9.90 Å². The van der Waals surface area contributed by atoms with Gasteiger partial charge in [-0.25, -0.2) is 4.79 Å². The quantitative estimate of drug-likeness (QED) is 0.516. The van der Waals surface area contributed by atoms with Gasteiger partial charge in [0.1, 0.15) is 5.58 Å². The molecule has 7 nitrogen and oxygen atoms in total. The van der Waals surface area contributed by atoms with Gasteiger partial charge in [-0.2, -0.15) is 0 Å². The Morgan fingerprint density at radius 1 is 1.13 bits per heavy atom. The molecule has 31 heavy (non-hydrogen) atoms. The second-order valence-electron chi connectivity index (χ2n) is 8.66. The summed E-state index contributed by atoms with van der Waals surface area (Å²) in [4.78, 5) is 21.5. The summed E-state index contributed by atoms with van der Waals surface area (Å²) in [5.41, 5.74) is 5.29. The molecule has 1 fully saturated rings. The summed E-state index contributed by atoms with van der Waals surface area (Å²) in [6.07, 6.45) is 3.48. The van der Waals surface area contributed by atoms with Gasteiger partial charge in [-0.05, 0) is 52.2 Å². The average molecular weight is 418 g/mol. The van der Waals surface area contributed by atoms with Crippen LogP contribution in [0.15, 0.2) is 51.9 Å². The molecule has 7 heteroatoms. The van der Waals surface area contributed by atoms with Crippen molar-refractivity contribution in [1.29, 1.82) is 0 Å². The van der Waals surface area contributed by atoms with Crippen LogP contribution < -0.4 is 10.5 Å². The molecule has 0 bridgehead atoms. The molecule has 0 radical (unpaired) electrons. The molecule has 1 aliphatic rings. The molecule has 1 aliphatic heterocycles. The Bertz CT molecular complexity index is 1350. The van der Waals surface area contributed by atoms with Crippen molar-refractivity contribution >= 4 is 22.2 Å². The van der Waals surface area contributed by atoms with Gasteiger partial charge in [0.15, 0.2) is 0 Å². The number of aryl methyl sites for hydroxylation is 2. The van der Waals surface area contributed by atoms with E-state index in [2.05, 4.69) is 9.88 Å². The van der Waals surface area contributed by atoms with Crippen LogP contribution in [0.5, 0.6) is 0 Å². The Morgan fingerprint density at radius 2 is 1.94 bits per heavy atom. The third-order valence-electron chi connectivity index (χ3n) is 6.21. The predicted octanol–water partition coefficient (Wildman–Crippen LogP) is 2.84. The van der Waals surface area contributed by atoms with E-state index in [1.807, 2.05) is 80.0 Å². The third-order valence-corrected chi connectivity index (χ3v) is 6.21. The first kappa shape index (κ1) is 19.8. The van der Waals surface area contributed by atoms with Crippen molar-refractivity contribution in [1.82, 2.24) is 14.3 Å². The summed E-state index contributed by atoms with van der Waals surface area (Å²) in [5.74, 6) is 0. The van der Waals surface area contributed by atoms with Gasteiger partial charge < -0.3 is 23.7 Å². The van der Waals surface area contributed by atoms with Crippen molar-refractivity contribution in [3.05, 3.63) is 64.5 Å². The van der Waals surface area contributed by atoms with E-state index in [0.717, 1.165) is 40.1 Å². The first-order chi connectivity index (χ1) is 14.8. The zero-order chi connectivity index (χ0) is 21.9. The molecule has 3 aromatic heterocycles. The maximum atomic E-state index is 12.8. The number of anilines is 1. The number of benzene rings is 1. The molecular formula is C24H26N4O3. The van der Waals surface area contributed by atoms with Crippen LogP contribution in [0.25, 0.3) is 27.6 Å². The van der Waals surface area contributed by atoms with E-state index in [1.165, 1.54) is 0 Å². The van der Waals surface area contributed by atoms with Crippen LogP contribution in [0.3, 0.4) is 0 Å². The maximum Gasteiger partial charge on any atom is 0.344 e. The molecule has 2 atom stereocenters. The number of β-amino-alcohol motifs (C(OH)–C–C–N with tert-alkyl or cyclic N) is 1. The minimum atomic E-state index is -0.411. The van der Waals surface area contributed by atoms with E-state index >= 15 is 0 Å². The number of aliphatic hydroxyl groups excluding tert-OH is 1. The Kier molecular flexibility index (Phi) is 4.60. The highest BCUT2D eigenvalue weighted by Gasteiger charge is 2.33. The summed E-state index contributed by atoms with van der Waals surface area (Å²) >= 11 is 0. The SMILES string of the molecule is Cc1cn2cc(-c3cc4ccc(N5CC(O)C(N(C)C)C5)cc4oc3=O)cc2c(C)n1. The summed E-state index contributed by atoms with van der Waals surface area (Å²) in [7, 11) is 3.95. The fourth-order valence-electron chi connectivity index (χ4n) is 4.56. The van der Waals surface area contributed by atoms with Crippen LogP contribution in [0, 0.1) is 13.8 Å². The number of likely N-dealkylation sites (N-methyl/N-ethyl adjacent to an activating group) is 1. The van der Waals surface area contributed by atoms with Crippen LogP contribution in [0.4, 0.5) is 5.69 Å². The molecular weight excluding hydrogens is 392 g/mol. The van der Waals surface area contributed by atoms with Crippen molar-refractivity contribution in [3.8, 4) is 11.1 Å². The summed E-state index contributed by atoms with van der Waals surface area (Å²) < 4.78 is 7.72. The van der Waals surface area contributed by atoms with Crippen LogP contribution in [0.1, 0.15) is 11.4 Å². The highest BCUT2D eigenvalue weighted by molar-refractivity contribution is 5.85. The zero-order valence-corrected chi connectivity index (χ0v) is 18.2. The van der Waals surface area contributed by atoms with Gasteiger partial charge in [-0.15, -0.1) is 0 Å². The van der Waals surface area contributed by atoms with Gasteiger partial charge >= 0.3 is 5.63 Å². The van der Waals surface area contributed by atoms with Gasteiger partial charge in [0.05, 0.1) is 34.6 Å². The zero-order valence-electron chi connectivity index (χ0n) is 18.2. The third kappa shape index (κ3) is 3.40. The van der Waals surface area contributed by atoms with Crippen molar-refractivity contribution in [2.45, 2.75) is 26.0 Å². The monoisotopic (exact) mass is 418 g/mol. The summed E-state index contributed by atoms with van der Waals surface area (Å²) in [5, 5.41) is 11.2. The Balaban J connectivity index is 1.53. The minimum Gasteiger partial charge on any atom is -0.422 e. The second-order valence-corrected chi connectivity index (χ2v) is 8.66. The smallest absolute Gasteiger partial charge is 0.344 e. The predicted molar refractivity (Wildman–Crippen MR) is 122 cm³/mol. The molecule has 0 spiro atoms. The molecule has 4 aromatic rings. The fourth-order valence-corrected chi connectivity index (χ4v) is 4.56. The summed E-state index contributed by atoms with van der Waals surface area (Å²) in [6, 6.07) is 9.82. The first-order valence-corrected chi connectivity index (χ1v) is 10.4. The highest BCUT2D eigenvalue weighted by atomic mass is 16.4. The fraction of sp³-hybridized carbons (Fsp3) is 0.333. The Hall–Kier alpha value is -3.16. The Morgan fingerprint density at radius 3 is 2.68 bits per heavy atom. The minimum absolute atomic E-state index is 0.0793. The molecule has 1 aromatic carbocycles. The average Bonchev–Trinajstić information content (AvgIpc) is 3.31. The van der Waals surface area contributed by atoms with E-state index < -0.39 is 6.10 Å². The van der Waals surface area contributed by atoms with Crippen molar-refractivity contribution < 1.29 is 9.52 Å².